The van der Waals surface area contributed by atoms with E-state index in [1.54, 1.807) is 7.11 Å². The minimum Gasteiger partial charge on any atom is -0.383 e. The molecule has 0 saturated carbocycles. The van der Waals surface area contributed by atoms with Crippen molar-refractivity contribution in [3.8, 4) is 0 Å². The molecule has 0 aliphatic heterocycles. The standard InChI is InChI=1S/C10H20F2N2O3/c1-16-5-3-13-7-10(15)14(4-6-17-2)8-9(11)12/h9,13H,3-8H2,1-2H3. The Morgan fingerprint density at radius 2 is 1.94 bits per heavy atom. The van der Waals surface area contributed by atoms with Crippen LogP contribution in [0.5, 0.6) is 0 Å². The molecule has 17 heavy (non-hydrogen) atoms. The van der Waals surface area contributed by atoms with Crippen molar-refractivity contribution >= 4 is 5.91 Å². The van der Waals surface area contributed by atoms with Crippen LogP contribution in [0, 0.1) is 0 Å². The molecule has 0 fully saturated rings. The molecule has 0 aromatic rings. The third kappa shape index (κ3) is 8.96. The lowest BCUT2D eigenvalue weighted by Gasteiger charge is -2.22. The van der Waals surface area contributed by atoms with Gasteiger partial charge in [-0.3, -0.25) is 4.79 Å². The van der Waals surface area contributed by atoms with E-state index < -0.39 is 13.0 Å². The summed E-state index contributed by atoms with van der Waals surface area (Å²) in [4.78, 5) is 12.7. The largest absolute Gasteiger partial charge is 0.383 e. The number of alkyl halides is 2. The van der Waals surface area contributed by atoms with Gasteiger partial charge in [0.05, 0.1) is 26.3 Å². The highest BCUT2D eigenvalue weighted by Gasteiger charge is 2.17. The van der Waals surface area contributed by atoms with E-state index in [-0.39, 0.29) is 25.6 Å². The van der Waals surface area contributed by atoms with Crippen molar-refractivity contribution in [2.45, 2.75) is 6.43 Å². The summed E-state index contributed by atoms with van der Waals surface area (Å²) >= 11 is 0. The molecule has 0 aliphatic carbocycles. The summed E-state index contributed by atoms with van der Waals surface area (Å²) in [6, 6.07) is 0. The second-order valence-corrected chi connectivity index (χ2v) is 3.39. The van der Waals surface area contributed by atoms with Gasteiger partial charge < -0.3 is 19.7 Å². The van der Waals surface area contributed by atoms with Gasteiger partial charge in [-0.25, -0.2) is 8.78 Å². The van der Waals surface area contributed by atoms with Crippen LogP contribution in [0.25, 0.3) is 0 Å². The summed E-state index contributed by atoms with van der Waals surface area (Å²) in [5.41, 5.74) is 0. The van der Waals surface area contributed by atoms with E-state index in [0.29, 0.717) is 13.2 Å². The van der Waals surface area contributed by atoms with Crippen LogP contribution in [0.3, 0.4) is 0 Å². The Bertz CT molecular complexity index is 206. The Morgan fingerprint density at radius 1 is 1.29 bits per heavy atom. The van der Waals surface area contributed by atoms with E-state index in [4.69, 9.17) is 9.47 Å². The Kier molecular flexibility index (Phi) is 9.89. The maximum atomic E-state index is 12.2. The van der Waals surface area contributed by atoms with E-state index in [1.165, 1.54) is 7.11 Å². The molecule has 0 aliphatic rings. The summed E-state index contributed by atoms with van der Waals surface area (Å²) in [7, 11) is 3.01. The average molecular weight is 254 g/mol. The molecule has 0 atom stereocenters. The second kappa shape index (κ2) is 10.4. The van der Waals surface area contributed by atoms with Crippen molar-refractivity contribution < 1.29 is 23.0 Å². The van der Waals surface area contributed by atoms with Crippen LogP contribution < -0.4 is 5.32 Å². The van der Waals surface area contributed by atoms with Gasteiger partial charge in [0.2, 0.25) is 5.91 Å². The SMILES string of the molecule is COCCNCC(=O)N(CCOC)CC(F)F. The van der Waals surface area contributed by atoms with Gasteiger partial charge in [-0.2, -0.15) is 0 Å². The van der Waals surface area contributed by atoms with E-state index in [9.17, 15) is 13.6 Å². The third-order valence-corrected chi connectivity index (χ3v) is 2.04. The summed E-state index contributed by atoms with van der Waals surface area (Å²) in [6.07, 6.45) is -2.53. The van der Waals surface area contributed by atoms with Gasteiger partial charge in [-0.1, -0.05) is 0 Å². The smallest absolute Gasteiger partial charge is 0.255 e. The molecule has 0 radical (unpaired) electrons. The van der Waals surface area contributed by atoms with Gasteiger partial charge >= 0.3 is 0 Å². The van der Waals surface area contributed by atoms with Crippen molar-refractivity contribution in [1.29, 1.82) is 0 Å². The van der Waals surface area contributed by atoms with Gasteiger partial charge in [0.15, 0.2) is 0 Å². The quantitative estimate of drug-likeness (QED) is 0.556. The van der Waals surface area contributed by atoms with Crippen molar-refractivity contribution in [1.82, 2.24) is 10.2 Å². The van der Waals surface area contributed by atoms with Crippen LogP contribution in [-0.2, 0) is 14.3 Å². The molecule has 5 nitrogen and oxygen atoms in total. The van der Waals surface area contributed by atoms with Crippen LogP contribution in [0.4, 0.5) is 8.78 Å². The number of amides is 1. The number of ether oxygens (including phenoxy) is 2. The number of carbonyl (C=O) groups excluding carboxylic acids is 1. The molecule has 0 aromatic carbocycles. The molecule has 1 amide bonds. The number of hydrogen-bond donors (Lipinski definition) is 1. The predicted octanol–water partition coefficient (Wildman–Crippen LogP) is -0.0375. The normalized spacial score (nSPS) is 10.9. The molecule has 102 valence electrons. The molecule has 0 rings (SSSR count). The van der Waals surface area contributed by atoms with E-state index in [0.717, 1.165) is 4.90 Å². The maximum Gasteiger partial charge on any atom is 0.255 e. The van der Waals surface area contributed by atoms with Crippen molar-refractivity contribution in [2.75, 3.05) is 53.6 Å². The van der Waals surface area contributed by atoms with Gasteiger partial charge in [0.1, 0.15) is 0 Å². The fourth-order valence-electron chi connectivity index (χ4n) is 1.17. The fourth-order valence-corrected chi connectivity index (χ4v) is 1.17. The number of hydrogen-bond acceptors (Lipinski definition) is 4. The molecule has 0 saturated heterocycles. The summed E-state index contributed by atoms with van der Waals surface area (Å²) in [5.74, 6) is -0.363. The summed E-state index contributed by atoms with van der Waals surface area (Å²) in [6.45, 7) is 0.866. The number of rotatable bonds is 10. The molecule has 0 spiro atoms. The lowest BCUT2D eigenvalue weighted by Crippen LogP contribution is -2.42. The first-order valence-electron chi connectivity index (χ1n) is 5.36. The zero-order valence-electron chi connectivity index (χ0n) is 10.2. The Labute approximate surface area is 100 Å². The van der Waals surface area contributed by atoms with Gasteiger partial charge in [-0.05, 0) is 0 Å². The van der Waals surface area contributed by atoms with Crippen molar-refractivity contribution in [3.05, 3.63) is 0 Å². The molecule has 0 heterocycles. The maximum absolute atomic E-state index is 12.2. The first kappa shape index (κ1) is 16.2. The molecule has 0 bridgehead atoms. The minimum atomic E-state index is -2.53. The van der Waals surface area contributed by atoms with Crippen LogP contribution in [0.1, 0.15) is 0 Å². The number of nitrogens with one attached hydrogen (secondary N) is 1. The second-order valence-electron chi connectivity index (χ2n) is 3.39. The highest BCUT2D eigenvalue weighted by atomic mass is 19.3. The van der Waals surface area contributed by atoms with Gasteiger partial charge in [0.25, 0.3) is 6.43 Å². The van der Waals surface area contributed by atoms with Gasteiger partial charge in [-0.15, -0.1) is 0 Å². The van der Waals surface area contributed by atoms with Crippen LogP contribution in [-0.4, -0.2) is 70.8 Å². The first-order chi connectivity index (χ1) is 8.11. The monoisotopic (exact) mass is 254 g/mol. The molecule has 0 aromatic heterocycles. The Morgan fingerprint density at radius 3 is 2.47 bits per heavy atom. The number of methoxy groups -OCH3 is 2. The molecule has 7 heteroatoms. The van der Waals surface area contributed by atoms with Gasteiger partial charge in [0, 0.05) is 27.3 Å². The van der Waals surface area contributed by atoms with Crippen molar-refractivity contribution in [3.63, 3.8) is 0 Å². The topological polar surface area (TPSA) is 50.8 Å². The fraction of sp³-hybridized carbons (Fsp3) is 0.900. The predicted molar refractivity (Wildman–Crippen MR) is 59.2 cm³/mol. The molecule has 1 N–H and O–H groups in total. The zero-order chi connectivity index (χ0) is 13.1. The zero-order valence-corrected chi connectivity index (χ0v) is 10.2. The third-order valence-electron chi connectivity index (χ3n) is 2.04. The summed E-state index contributed by atoms with van der Waals surface area (Å²) < 4.78 is 34.0. The number of nitrogens with zero attached hydrogens (tertiary/aromatic N) is 1. The van der Waals surface area contributed by atoms with E-state index in [2.05, 4.69) is 5.32 Å². The number of carbonyl (C=O) groups is 1. The Balaban J connectivity index is 3.94. The molecular formula is C10H20F2N2O3. The lowest BCUT2D eigenvalue weighted by molar-refractivity contribution is -0.132. The van der Waals surface area contributed by atoms with Crippen LogP contribution in [0.15, 0.2) is 0 Å². The lowest BCUT2D eigenvalue weighted by atomic mass is 10.4. The molecule has 0 unspecified atom stereocenters. The van der Waals surface area contributed by atoms with Crippen molar-refractivity contribution in [2.24, 2.45) is 0 Å². The average Bonchev–Trinajstić information content (AvgIpc) is 2.29. The number of halogens is 2. The van der Waals surface area contributed by atoms with E-state index in [1.807, 2.05) is 0 Å². The minimum absolute atomic E-state index is 0.0276. The van der Waals surface area contributed by atoms with E-state index >= 15 is 0 Å². The molecular weight excluding hydrogens is 234 g/mol. The van der Waals surface area contributed by atoms with Crippen LogP contribution >= 0.6 is 0 Å². The highest BCUT2D eigenvalue weighted by molar-refractivity contribution is 5.78. The highest BCUT2D eigenvalue weighted by Crippen LogP contribution is 1.98. The van der Waals surface area contributed by atoms with Crippen LogP contribution in [0.2, 0.25) is 0 Å². The Hall–Kier alpha value is -0.790. The summed E-state index contributed by atoms with van der Waals surface area (Å²) in [5, 5.41) is 2.81. The first-order valence-corrected chi connectivity index (χ1v) is 5.36.